The van der Waals surface area contributed by atoms with E-state index in [9.17, 15) is 4.79 Å². The van der Waals surface area contributed by atoms with Crippen LogP contribution in [0.2, 0.25) is 0 Å². The fourth-order valence-corrected chi connectivity index (χ4v) is 3.78. The number of carbonyl (C=O) groups is 1. The van der Waals surface area contributed by atoms with Crippen molar-refractivity contribution >= 4 is 22.4 Å². The Morgan fingerprint density at radius 3 is 2.92 bits per heavy atom. The summed E-state index contributed by atoms with van der Waals surface area (Å²) in [4.78, 5) is 24.2. The monoisotopic (exact) mass is 361 g/mol. The molecule has 8 heteroatoms. The molecule has 2 aromatic heterocycles. The van der Waals surface area contributed by atoms with Gasteiger partial charge in [-0.2, -0.15) is 0 Å². The van der Waals surface area contributed by atoms with Gasteiger partial charge in [-0.3, -0.25) is 14.7 Å². The predicted molar refractivity (Wildman–Crippen MR) is 97.6 cm³/mol. The van der Waals surface area contributed by atoms with Crippen molar-refractivity contribution in [1.29, 1.82) is 0 Å². The van der Waals surface area contributed by atoms with Crippen molar-refractivity contribution in [1.82, 2.24) is 20.2 Å². The molecule has 3 N–H and O–H groups in total. The number of thiazole rings is 1. The molecule has 1 saturated heterocycles. The molecule has 1 atom stereocenters. The van der Waals surface area contributed by atoms with Gasteiger partial charge in [-0.05, 0) is 18.6 Å². The molecule has 0 spiro atoms. The topological polar surface area (TPSA) is 93.4 Å². The Balaban J connectivity index is 1.72. The van der Waals surface area contributed by atoms with E-state index in [0.29, 0.717) is 36.2 Å². The van der Waals surface area contributed by atoms with Crippen LogP contribution in [0.25, 0.3) is 0 Å². The summed E-state index contributed by atoms with van der Waals surface area (Å²) in [7, 11) is 0. The van der Waals surface area contributed by atoms with E-state index < -0.39 is 0 Å². The maximum absolute atomic E-state index is 12.6. The molecule has 1 aliphatic heterocycles. The standard InChI is InChI=1S/C17H23N5O2S/c1-2-12-15(25-17(18)21-12)16(23)20-11-14(13-5-3-4-6-19-13)22-7-9-24-10-8-22/h3-6,14H,2,7-11H2,1H3,(H2,18,21)(H,20,23)/t14-/m0/s1. The van der Waals surface area contributed by atoms with Crippen LogP contribution in [0.15, 0.2) is 24.4 Å². The van der Waals surface area contributed by atoms with Crippen LogP contribution in [0.4, 0.5) is 5.13 Å². The summed E-state index contributed by atoms with van der Waals surface area (Å²) in [5.41, 5.74) is 7.45. The van der Waals surface area contributed by atoms with E-state index in [1.165, 1.54) is 11.3 Å². The predicted octanol–water partition coefficient (Wildman–Crippen LogP) is 1.49. The van der Waals surface area contributed by atoms with Gasteiger partial charge in [-0.1, -0.05) is 24.3 Å². The number of aromatic nitrogens is 2. The first kappa shape index (κ1) is 17.8. The SMILES string of the molecule is CCc1nc(N)sc1C(=O)NC[C@@H](c1ccccn1)N1CCOCC1. The van der Waals surface area contributed by atoms with Gasteiger partial charge in [-0.15, -0.1) is 0 Å². The van der Waals surface area contributed by atoms with E-state index in [1.807, 2.05) is 25.1 Å². The first-order valence-electron chi connectivity index (χ1n) is 8.45. The highest BCUT2D eigenvalue weighted by molar-refractivity contribution is 7.17. The zero-order valence-electron chi connectivity index (χ0n) is 14.3. The van der Waals surface area contributed by atoms with Crippen molar-refractivity contribution in [2.24, 2.45) is 0 Å². The van der Waals surface area contributed by atoms with Crippen molar-refractivity contribution in [2.45, 2.75) is 19.4 Å². The van der Waals surface area contributed by atoms with E-state index in [2.05, 4.69) is 20.2 Å². The molecule has 0 aliphatic carbocycles. The first-order chi connectivity index (χ1) is 12.2. The number of amides is 1. The number of nitrogens with one attached hydrogen (secondary N) is 1. The maximum Gasteiger partial charge on any atom is 0.263 e. The Labute approximate surface area is 151 Å². The Morgan fingerprint density at radius 1 is 1.44 bits per heavy atom. The summed E-state index contributed by atoms with van der Waals surface area (Å²) >= 11 is 1.24. The summed E-state index contributed by atoms with van der Waals surface area (Å²) in [6.07, 6.45) is 2.47. The van der Waals surface area contributed by atoms with Gasteiger partial charge in [0.15, 0.2) is 5.13 Å². The Bertz CT molecular complexity index is 700. The van der Waals surface area contributed by atoms with Crippen LogP contribution in [0.5, 0.6) is 0 Å². The second-order valence-corrected chi connectivity index (χ2v) is 6.84. The van der Waals surface area contributed by atoms with Crippen molar-refractivity contribution in [3.05, 3.63) is 40.7 Å². The molecular weight excluding hydrogens is 338 g/mol. The van der Waals surface area contributed by atoms with Gasteiger partial charge < -0.3 is 15.8 Å². The van der Waals surface area contributed by atoms with E-state index in [-0.39, 0.29) is 11.9 Å². The highest BCUT2D eigenvalue weighted by atomic mass is 32.1. The van der Waals surface area contributed by atoms with Gasteiger partial charge in [0.05, 0.1) is 30.6 Å². The quantitative estimate of drug-likeness (QED) is 0.810. The van der Waals surface area contributed by atoms with Crippen molar-refractivity contribution < 1.29 is 9.53 Å². The second-order valence-electron chi connectivity index (χ2n) is 5.81. The fourth-order valence-electron chi connectivity index (χ4n) is 2.94. The summed E-state index contributed by atoms with van der Waals surface area (Å²) in [5, 5.41) is 3.46. The van der Waals surface area contributed by atoms with Crippen molar-refractivity contribution in [3.8, 4) is 0 Å². The average Bonchev–Trinajstić information content (AvgIpc) is 3.04. The van der Waals surface area contributed by atoms with Crippen LogP contribution in [0.3, 0.4) is 0 Å². The lowest BCUT2D eigenvalue weighted by Gasteiger charge is -2.34. The molecule has 3 rings (SSSR count). The Morgan fingerprint density at radius 2 is 2.24 bits per heavy atom. The van der Waals surface area contributed by atoms with Gasteiger partial charge >= 0.3 is 0 Å². The molecule has 0 radical (unpaired) electrons. The van der Waals surface area contributed by atoms with E-state index >= 15 is 0 Å². The number of morpholine rings is 1. The first-order valence-corrected chi connectivity index (χ1v) is 9.26. The highest BCUT2D eigenvalue weighted by Crippen LogP contribution is 2.22. The molecule has 0 saturated carbocycles. The lowest BCUT2D eigenvalue weighted by molar-refractivity contribution is 0.0154. The number of nitrogen functional groups attached to an aromatic ring is 1. The summed E-state index contributed by atoms with van der Waals surface area (Å²) in [6, 6.07) is 5.88. The molecule has 1 fully saturated rings. The molecule has 0 aromatic carbocycles. The molecule has 25 heavy (non-hydrogen) atoms. The second kappa shape index (κ2) is 8.37. The van der Waals surface area contributed by atoms with Crippen LogP contribution in [0.1, 0.15) is 34.0 Å². The number of nitrogens with zero attached hydrogens (tertiary/aromatic N) is 3. The number of aryl methyl sites for hydroxylation is 1. The van der Waals surface area contributed by atoms with Gasteiger partial charge in [0, 0.05) is 25.8 Å². The zero-order valence-corrected chi connectivity index (χ0v) is 15.1. The number of ether oxygens (including phenoxy) is 1. The van der Waals surface area contributed by atoms with Crippen LogP contribution >= 0.6 is 11.3 Å². The lowest BCUT2D eigenvalue weighted by Crippen LogP contribution is -2.44. The van der Waals surface area contributed by atoms with Crippen molar-refractivity contribution in [3.63, 3.8) is 0 Å². The zero-order chi connectivity index (χ0) is 17.6. The number of nitrogens with two attached hydrogens (primary N) is 1. The van der Waals surface area contributed by atoms with Crippen LogP contribution in [0, 0.1) is 0 Å². The summed E-state index contributed by atoms with van der Waals surface area (Å²) < 4.78 is 5.44. The third kappa shape index (κ3) is 4.33. The molecule has 7 nitrogen and oxygen atoms in total. The van der Waals surface area contributed by atoms with Crippen LogP contribution in [-0.4, -0.2) is 53.6 Å². The largest absolute Gasteiger partial charge is 0.379 e. The Kier molecular flexibility index (Phi) is 5.95. The number of hydrogen-bond donors (Lipinski definition) is 2. The van der Waals surface area contributed by atoms with E-state index in [1.54, 1.807) is 6.20 Å². The number of rotatable bonds is 6. The van der Waals surface area contributed by atoms with E-state index in [4.69, 9.17) is 10.5 Å². The van der Waals surface area contributed by atoms with Crippen LogP contribution < -0.4 is 11.1 Å². The maximum atomic E-state index is 12.6. The van der Waals surface area contributed by atoms with E-state index in [0.717, 1.165) is 24.5 Å². The minimum Gasteiger partial charge on any atom is -0.379 e. The van der Waals surface area contributed by atoms with Gasteiger partial charge in [0.1, 0.15) is 4.88 Å². The molecule has 0 unspecified atom stereocenters. The molecule has 2 aromatic rings. The smallest absolute Gasteiger partial charge is 0.263 e. The third-order valence-corrected chi connectivity index (χ3v) is 5.15. The number of hydrogen-bond acceptors (Lipinski definition) is 7. The van der Waals surface area contributed by atoms with Gasteiger partial charge in [0.25, 0.3) is 5.91 Å². The average molecular weight is 361 g/mol. The minimum atomic E-state index is -0.125. The van der Waals surface area contributed by atoms with Gasteiger partial charge in [-0.25, -0.2) is 4.98 Å². The highest BCUT2D eigenvalue weighted by Gasteiger charge is 2.25. The minimum absolute atomic E-state index is 0.0180. The number of anilines is 1. The molecule has 1 amide bonds. The fraction of sp³-hybridized carbons (Fsp3) is 0.471. The molecule has 134 valence electrons. The molecule has 3 heterocycles. The van der Waals surface area contributed by atoms with Gasteiger partial charge in [0.2, 0.25) is 0 Å². The third-order valence-electron chi connectivity index (χ3n) is 4.23. The molecular formula is C17H23N5O2S. The Hall–Kier alpha value is -2.03. The lowest BCUT2D eigenvalue weighted by atomic mass is 10.1. The summed E-state index contributed by atoms with van der Waals surface area (Å²) in [6.45, 7) is 5.49. The van der Waals surface area contributed by atoms with Crippen molar-refractivity contribution in [2.75, 3.05) is 38.6 Å². The molecule has 1 aliphatic rings. The normalized spacial score (nSPS) is 16.5. The number of pyridine rings is 1. The number of carbonyl (C=O) groups excluding carboxylic acids is 1. The molecule has 0 bridgehead atoms. The summed E-state index contributed by atoms with van der Waals surface area (Å²) in [5.74, 6) is -0.125. The van der Waals surface area contributed by atoms with Crippen LogP contribution in [-0.2, 0) is 11.2 Å².